The van der Waals surface area contributed by atoms with Crippen molar-refractivity contribution >= 4 is 23.2 Å². The Morgan fingerprint density at radius 1 is 1.16 bits per heavy atom. The number of aryl methyl sites for hydroxylation is 1. The number of aliphatic hydroxyl groups excluding tert-OH is 1. The predicted molar refractivity (Wildman–Crippen MR) is 141 cm³/mol. The van der Waals surface area contributed by atoms with Crippen LogP contribution in [0.25, 0.3) is 16.9 Å². The minimum Gasteiger partial charge on any atom is -0.481 e. The number of fused-ring (bicyclic) bond motifs is 1. The first kappa shape index (κ1) is 26.1. The van der Waals surface area contributed by atoms with Crippen molar-refractivity contribution in [1.82, 2.24) is 19.5 Å². The maximum Gasteiger partial charge on any atom is 0.313 e. The van der Waals surface area contributed by atoms with E-state index in [0.717, 1.165) is 37.9 Å². The van der Waals surface area contributed by atoms with Gasteiger partial charge in [-0.1, -0.05) is 19.8 Å². The molecule has 1 amide bonds. The SMILES string of the molecule is CCc1cc(C(=O)N2CCCCC[C@H]2C)nc2cc(-c3ccc(N4CCC(CO)(C(=O)O)C4)cc3F)nn12. The van der Waals surface area contributed by atoms with Crippen LogP contribution in [0.5, 0.6) is 0 Å². The van der Waals surface area contributed by atoms with Gasteiger partial charge in [-0.15, -0.1) is 0 Å². The van der Waals surface area contributed by atoms with Gasteiger partial charge >= 0.3 is 5.97 Å². The number of aromatic nitrogens is 3. The van der Waals surface area contributed by atoms with Crippen LogP contribution in [0.2, 0.25) is 0 Å². The third-order valence-corrected chi connectivity index (χ3v) is 8.10. The number of hydrogen-bond donors (Lipinski definition) is 2. The van der Waals surface area contributed by atoms with E-state index < -0.39 is 23.8 Å². The molecule has 2 saturated heterocycles. The Bertz CT molecular complexity index is 1370. The van der Waals surface area contributed by atoms with Gasteiger partial charge in [0.05, 0.1) is 12.3 Å². The monoisotopic (exact) mass is 523 g/mol. The Morgan fingerprint density at radius 3 is 2.66 bits per heavy atom. The number of benzene rings is 1. The summed E-state index contributed by atoms with van der Waals surface area (Å²) in [4.78, 5) is 33.4. The summed E-state index contributed by atoms with van der Waals surface area (Å²) < 4.78 is 17.0. The Hall–Kier alpha value is -3.53. The minimum absolute atomic E-state index is 0.0826. The Balaban J connectivity index is 1.44. The van der Waals surface area contributed by atoms with Crippen molar-refractivity contribution in [2.45, 2.75) is 58.4 Å². The topological polar surface area (TPSA) is 111 Å². The Labute approximate surface area is 220 Å². The van der Waals surface area contributed by atoms with E-state index in [1.807, 2.05) is 11.8 Å². The number of carbonyl (C=O) groups is 2. The smallest absolute Gasteiger partial charge is 0.313 e. The molecule has 0 saturated carbocycles. The maximum atomic E-state index is 15.3. The molecule has 2 aliphatic rings. The van der Waals surface area contributed by atoms with E-state index in [1.165, 1.54) is 6.07 Å². The zero-order valence-electron chi connectivity index (χ0n) is 21.9. The lowest BCUT2D eigenvalue weighted by atomic mass is 9.88. The van der Waals surface area contributed by atoms with Crippen LogP contribution in [0.3, 0.4) is 0 Å². The van der Waals surface area contributed by atoms with Crippen molar-refractivity contribution < 1.29 is 24.2 Å². The molecule has 2 aromatic heterocycles. The van der Waals surface area contributed by atoms with Gasteiger partial charge in [-0.05, 0) is 56.9 Å². The molecule has 2 atom stereocenters. The number of rotatable bonds is 6. The molecule has 10 heteroatoms. The molecule has 0 bridgehead atoms. The maximum absolute atomic E-state index is 15.3. The number of anilines is 1. The van der Waals surface area contributed by atoms with Crippen LogP contribution in [0, 0.1) is 11.2 Å². The number of aliphatic carboxylic acids is 1. The molecule has 2 fully saturated rings. The third kappa shape index (κ3) is 4.62. The van der Waals surface area contributed by atoms with Crippen LogP contribution in [-0.2, 0) is 11.2 Å². The van der Waals surface area contributed by atoms with E-state index in [-0.39, 0.29) is 24.9 Å². The van der Waals surface area contributed by atoms with Gasteiger partial charge in [-0.3, -0.25) is 9.59 Å². The number of carbonyl (C=O) groups excluding carboxylic acids is 1. The number of aliphatic hydroxyl groups is 1. The van der Waals surface area contributed by atoms with E-state index in [2.05, 4.69) is 17.0 Å². The lowest BCUT2D eigenvalue weighted by molar-refractivity contribution is -0.149. The zero-order valence-corrected chi connectivity index (χ0v) is 21.9. The standard InChI is InChI=1S/C28H34FN5O4/c1-3-19-14-24(26(36)33-11-6-4-5-7-18(33)2)30-25-15-23(31-34(19)25)21-9-8-20(13-22(21)29)32-12-10-28(16-32,17-35)27(37)38/h8-9,13-15,18,35H,3-7,10-12,16-17H2,1-2H3,(H,37,38)/t18-,28?/m1/s1. The van der Waals surface area contributed by atoms with Crippen molar-refractivity contribution in [2.24, 2.45) is 5.41 Å². The first-order valence-electron chi connectivity index (χ1n) is 13.4. The highest BCUT2D eigenvalue weighted by atomic mass is 19.1. The molecule has 0 radical (unpaired) electrons. The van der Waals surface area contributed by atoms with Gasteiger partial charge in [0.25, 0.3) is 5.91 Å². The lowest BCUT2D eigenvalue weighted by Gasteiger charge is -2.27. The van der Waals surface area contributed by atoms with Gasteiger partial charge < -0.3 is 20.0 Å². The molecule has 202 valence electrons. The van der Waals surface area contributed by atoms with Gasteiger partial charge in [-0.2, -0.15) is 5.10 Å². The van der Waals surface area contributed by atoms with Gasteiger partial charge in [0.1, 0.15) is 16.9 Å². The van der Waals surface area contributed by atoms with Gasteiger partial charge in [0.2, 0.25) is 0 Å². The molecular weight excluding hydrogens is 489 g/mol. The molecule has 9 nitrogen and oxygen atoms in total. The van der Waals surface area contributed by atoms with E-state index in [9.17, 15) is 19.8 Å². The molecule has 1 aromatic carbocycles. The van der Waals surface area contributed by atoms with E-state index in [0.29, 0.717) is 41.3 Å². The van der Waals surface area contributed by atoms with Crippen LogP contribution in [0.15, 0.2) is 30.3 Å². The van der Waals surface area contributed by atoms with Crippen molar-refractivity contribution in [1.29, 1.82) is 0 Å². The average molecular weight is 524 g/mol. The second kappa shape index (κ2) is 10.3. The van der Waals surface area contributed by atoms with Crippen molar-refractivity contribution in [3.8, 4) is 11.3 Å². The summed E-state index contributed by atoms with van der Waals surface area (Å²) in [6.45, 7) is 4.85. The number of halogens is 1. The van der Waals surface area contributed by atoms with E-state index in [4.69, 9.17) is 0 Å². The first-order valence-corrected chi connectivity index (χ1v) is 13.4. The fraction of sp³-hybridized carbons (Fsp3) is 0.500. The van der Waals surface area contributed by atoms with Gasteiger partial charge in [-0.25, -0.2) is 13.9 Å². The molecule has 38 heavy (non-hydrogen) atoms. The van der Waals surface area contributed by atoms with Crippen LogP contribution in [-0.4, -0.2) is 73.9 Å². The highest BCUT2D eigenvalue weighted by Crippen LogP contribution is 2.35. The Kier molecular flexibility index (Phi) is 7.09. The van der Waals surface area contributed by atoms with Crippen LogP contribution in [0.1, 0.15) is 62.1 Å². The molecule has 0 spiro atoms. The van der Waals surface area contributed by atoms with Gasteiger partial charge in [0.15, 0.2) is 5.65 Å². The fourth-order valence-electron chi connectivity index (χ4n) is 5.63. The quantitative estimate of drug-likeness (QED) is 0.506. The number of carboxylic acid groups (broad SMARTS) is 1. The van der Waals surface area contributed by atoms with Crippen molar-refractivity contribution in [2.75, 3.05) is 31.1 Å². The molecule has 5 rings (SSSR count). The molecule has 2 N–H and O–H groups in total. The number of likely N-dealkylation sites (tertiary alicyclic amines) is 1. The fourth-order valence-corrected chi connectivity index (χ4v) is 5.63. The summed E-state index contributed by atoms with van der Waals surface area (Å²) in [6.07, 6.45) is 5.12. The highest BCUT2D eigenvalue weighted by molar-refractivity contribution is 5.93. The molecule has 2 aliphatic heterocycles. The van der Waals surface area contributed by atoms with Crippen LogP contribution in [0.4, 0.5) is 10.1 Å². The average Bonchev–Trinajstić information content (AvgIpc) is 3.49. The van der Waals surface area contributed by atoms with Crippen LogP contribution >= 0.6 is 0 Å². The van der Waals surface area contributed by atoms with E-state index >= 15 is 4.39 Å². The molecule has 4 heterocycles. The van der Waals surface area contributed by atoms with Crippen molar-refractivity contribution in [3.63, 3.8) is 0 Å². The molecule has 1 unspecified atom stereocenters. The largest absolute Gasteiger partial charge is 0.481 e. The molecule has 0 aliphatic carbocycles. The number of carboxylic acids is 1. The number of hydrogen-bond acceptors (Lipinski definition) is 6. The summed E-state index contributed by atoms with van der Waals surface area (Å²) >= 11 is 0. The summed E-state index contributed by atoms with van der Waals surface area (Å²) in [5.41, 5.74) is 1.70. The highest BCUT2D eigenvalue weighted by Gasteiger charge is 2.44. The summed E-state index contributed by atoms with van der Waals surface area (Å²) in [5.74, 6) is -1.62. The predicted octanol–water partition coefficient (Wildman–Crippen LogP) is 3.78. The normalized spacial score (nSPS) is 22.2. The molecule has 3 aromatic rings. The summed E-state index contributed by atoms with van der Waals surface area (Å²) in [5, 5.41) is 23.8. The van der Waals surface area contributed by atoms with Crippen molar-refractivity contribution in [3.05, 3.63) is 47.5 Å². The van der Waals surface area contributed by atoms with E-state index in [1.54, 1.807) is 33.7 Å². The second-order valence-electron chi connectivity index (χ2n) is 10.6. The first-order chi connectivity index (χ1) is 18.3. The molecular formula is C28H34FN5O4. The third-order valence-electron chi connectivity index (χ3n) is 8.10. The lowest BCUT2D eigenvalue weighted by Crippen LogP contribution is -2.38. The number of nitrogens with zero attached hydrogens (tertiary/aromatic N) is 5. The summed E-state index contributed by atoms with van der Waals surface area (Å²) in [7, 11) is 0. The van der Waals surface area contributed by atoms with Crippen LogP contribution < -0.4 is 4.90 Å². The Morgan fingerprint density at radius 2 is 1.97 bits per heavy atom. The number of amides is 1. The minimum atomic E-state index is -1.24. The van der Waals surface area contributed by atoms with Gasteiger partial charge in [0, 0.05) is 48.7 Å². The zero-order chi connectivity index (χ0) is 27.0. The second-order valence-corrected chi connectivity index (χ2v) is 10.6. The summed E-state index contributed by atoms with van der Waals surface area (Å²) in [6, 6.07) is 8.38.